The highest BCUT2D eigenvalue weighted by atomic mass is 16.5. The van der Waals surface area contributed by atoms with Crippen molar-refractivity contribution in [3.8, 4) is 0 Å². The van der Waals surface area contributed by atoms with Crippen LogP contribution in [-0.4, -0.2) is 19.3 Å². The smallest absolute Gasteiger partial charge is 0.0503 e. The Labute approximate surface area is 80.1 Å². The predicted molar refractivity (Wildman–Crippen MR) is 53.5 cm³/mol. The number of rotatable bonds is 0. The van der Waals surface area contributed by atoms with Gasteiger partial charge in [0.1, 0.15) is 0 Å². The van der Waals surface area contributed by atoms with Gasteiger partial charge in [-0.25, -0.2) is 0 Å². The Kier molecular flexibility index (Phi) is 3.01. The molecular weight excluding hydrogens is 162 g/mol. The van der Waals surface area contributed by atoms with E-state index in [1.165, 1.54) is 19.3 Å². The SMILES string of the molecule is NC1CCCC(=C2CCOCC2)C1. The second-order valence-corrected chi connectivity index (χ2v) is 4.18. The molecular formula is C11H19NO. The summed E-state index contributed by atoms with van der Waals surface area (Å²) in [7, 11) is 0. The first-order valence-electron chi connectivity index (χ1n) is 5.39. The van der Waals surface area contributed by atoms with Gasteiger partial charge >= 0.3 is 0 Å². The van der Waals surface area contributed by atoms with Gasteiger partial charge in [0.15, 0.2) is 0 Å². The quantitative estimate of drug-likeness (QED) is 0.580. The van der Waals surface area contributed by atoms with E-state index in [2.05, 4.69) is 0 Å². The molecule has 74 valence electrons. The summed E-state index contributed by atoms with van der Waals surface area (Å²) < 4.78 is 5.35. The molecule has 0 aromatic heterocycles. The van der Waals surface area contributed by atoms with Crippen LogP contribution >= 0.6 is 0 Å². The summed E-state index contributed by atoms with van der Waals surface area (Å²) in [6.07, 6.45) is 7.26. The van der Waals surface area contributed by atoms with Crippen molar-refractivity contribution in [2.24, 2.45) is 5.73 Å². The highest BCUT2D eigenvalue weighted by Crippen LogP contribution is 2.29. The first-order valence-corrected chi connectivity index (χ1v) is 5.39. The molecule has 1 aliphatic carbocycles. The Hall–Kier alpha value is -0.340. The fourth-order valence-corrected chi connectivity index (χ4v) is 2.39. The van der Waals surface area contributed by atoms with Gasteiger partial charge in [0.05, 0.1) is 13.2 Å². The lowest BCUT2D eigenvalue weighted by molar-refractivity contribution is 0.118. The third kappa shape index (κ3) is 2.32. The maximum Gasteiger partial charge on any atom is 0.0503 e. The molecule has 1 saturated carbocycles. The largest absolute Gasteiger partial charge is 0.381 e. The van der Waals surface area contributed by atoms with Gasteiger partial charge < -0.3 is 10.5 Å². The molecule has 1 atom stereocenters. The van der Waals surface area contributed by atoms with E-state index in [0.717, 1.165) is 32.5 Å². The Balaban J connectivity index is 2.02. The zero-order valence-electron chi connectivity index (χ0n) is 8.22. The minimum atomic E-state index is 0.430. The maximum absolute atomic E-state index is 5.97. The zero-order valence-corrected chi connectivity index (χ0v) is 8.22. The topological polar surface area (TPSA) is 35.2 Å². The Bertz CT molecular complexity index is 202. The molecule has 0 aromatic rings. The third-order valence-electron chi connectivity index (χ3n) is 3.16. The van der Waals surface area contributed by atoms with Gasteiger partial charge in [-0.15, -0.1) is 0 Å². The van der Waals surface area contributed by atoms with Crippen molar-refractivity contribution in [1.29, 1.82) is 0 Å². The van der Waals surface area contributed by atoms with Crippen molar-refractivity contribution in [1.82, 2.24) is 0 Å². The molecule has 2 fully saturated rings. The van der Waals surface area contributed by atoms with Gasteiger partial charge in [-0.2, -0.15) is 0 Å². The van der Waals surface area contributed by atoms with Gasteiger partial charge in [0, 0.05) is 6.04 Å². The summed E-state index contributed by atoms with van der Waals surface area (Å²) in [5.74, 6) is 0. The van der Waals surface area contributed by atoms with Crippen molar-refractivity contribution >= 4 is 0 Å². The number of hydrogen-bond acceptors (Lipinski definition) is 2. The lowest BCUT2D eigenvalue weighted by atomic mass is 9.86. The predicted octanol–water partition coefficient (Wildman–Crippen LogP) is 1.99. The van der Waals surface area contributed by atoms with Gasteiger partial charge in [0.25, 0.3) is 0 Å². The average Bonchev–Trinajstić information content (AvgIpc) is 2.19. The van der Waals surface area contributed by atoms with Crippen LogP contribution in [-0.2, 0) is 4.74 Å². The number of ether oxygens (including phenoxy) is 1. The van der Waals surface area contributed by atoms with E-state index in [1.54, 1.807) is 11.1 Å². The van der Waals surface area contributed by atoms with Crippen LogP contribution in [0.4, 0.5) is 0 Å². The molecule has 0 aromatic carbocycles. The van der Waals surface area contributed by atoms with Gasteiger partial charge in [-0.1, -0.05) is 11.1 Å². The molecule has 2 nitrogen and oxygen atoms in total. The molecule has 0 radical (unpaired) electrons. The van der Waals surface area contributed by atoms with Crippen LogP contribution in [0.2, 0.25) is 0 Å². The van der Waals surface area contributed by atoms with Gasteiger partial charge in [-0.3, -0.25) is 0 Å². The van der Waals surface area contributed by atoms with E-state index in [9.17, 15) is 0 Å². The molecule has 0 amide bonds. The van der Waals surface area contributed by atoms with Gasteiger partial charge in [0.2, 0.25) is 0 Å². The second-order valence-electron chi connectivity index (χ2n) is 4.18. The number of nitrogens with two attached hydrogens (primary N) is 1. The molecule has 0 bridgehead atoms. The standard InChI is InChI=1S/C11H19NO/c12-11-3-1-2-10(8-11)9-4-6-13-7-5-9/h11H,1-8,12H2. The summed E-state index contributed by atoms with van der Waals surface area (Å²) in [5, 5.41) is 0. The normalized spacial score (nSPS) is 30.7. The maximum atomic E-state index is 5.97. The molecule has 2 aliphatic rings. The summed E-state index contributed by atoms with van der Waals surface area (Å²) in [5.41, 5.74) is 9.28. The first kappa shape index (κ1) is 9.22. The molecule has 1 heterocycles. The molecule has 0 spiro atoms. The van der Waals surface area contributed by atoms with Crippen LogP contribution in [0.5, 0.6) is 0 Å². The van der Waals surface area contributed by atoms with Crippen molar-refractivity contribution in [3.63, 3.8) is 0 Å². The molecule has 1 unspecified atom stereocenters. The monoisotopic (exact) mass is 181 g/mol. The van der Waals surface area contributed by atoms with E-state index < -0.39 is 0 Å². The Morgan fingerprint density at radius 3 is 2.54 bits per heavy atom. The number of hydrogen-bond donors (Lipinski definition) is 1. The van der Waals surface area contributed by atoms with Crippen molar-refractivity contribution < 1.29 is 4.74 Å². The van der Waals surface area contributed by atoms with Crippen LogP contribution in [0.3, 0.4) is 0 Å². The lowest BCUT2D eigenvalue weighted by Gasteiger charge is -2.26. The third-order valence-corrected chi connectivity index (χ3v) is 3.16. The van der Waals surface area contributed by atoms with E-state index in [0.29, 0.717) is 6.04 Å². The van der Waals surface area contributed by atoms with Crippen LogP contribution in [0.25, 0.3) is 0 Å². The Morgan fingerprint density at radius 1 is 1.08 bits per heavy atom. The van der Waals surface area contributed by atoms with Crippen LogP contribution in [0.15, 0.2) is 11.1 Å². The van der Waals surface area contributed by atoms with E-state index >= 15 is 0 Å². The minimum Gasteiger partial charge on any atom is -0.381 e. The van der Waals surface area contributed by atoms with Crippen molar-refractivity contribution in [3.05, 3.63) is 11.1 Å². The van der Waals surface area contributed by atoms with Crippen molar-refractivity contribution in [2.75, 3.05) is 13.2 Å². The summed E-state index contributed by atoms with van der Waals surface area (Å²) >= 11 is 0. The summed E-state index contributed by atoms with van der Waals surface area (Å²) in [6, 6.07) is 0.430. The Morgan fingerprint density at radius 2 is 1.85 bits per heavy atom. The highest BCUT2D eigenvalue weighted by Gasteiger charge is 2.17. The van der Waals surface area contributed by atoms with Crippen molar-refractivity contribution in [2.45, 2.75) is 44.6 Å². The molecule has 13 heavy (non-hydrogen) atoms. The summed E-state index contributed by atoms with van der Waals surface area (Å²) in [6.45, 7) is 1.85. The van der Waals surface area contributed by atoms with E-state index in [1.807, 2.05) is 0 Å². The molecule has 1 saturated heterocycles. The van der Waals surface area contributed by atoms with E-state index in [4.69, 9.17) is 10.5 Å². The van der Waals surface area contributed by atoms with Gasteiger partial charge in [-0.05, 0) is 38.5 Å². The van der Waals surface area contributed by atoms with Crippen LogP contribution in [0, 0.1) is 0 Å². The van der Waals surface area contributed by atoms with E-state index in [-0.39, 0.29) is 0 Å². The molecule has 2 rings (SSSR count). The summed E-state index contributed by atoms with van der Waals surface area (Å²) in [4.78, 5) is 0. The zero-order chi connectivity index (χ0) is 9.10. The lowest BCUT2D eigenvalue weighted by Crippen LogP contribution is -2.25. The fraction of sp³-hybridized carbons (Fsp3) is 0.818. The molecule has 2 heteroatoms. The average molecular weight is 181 g/mol. The molecule has 1 aliphatic heterocycles. The second kappa shape index (κ2) is 4.25. The first-order chi connectivity index (χ1) is 6.36. The minimum absolute atomic E-state index is 0.430. The fourth-order valence-electron chi connectivity index (χ4n) is 2.39. The highest BCUT2D eigenvalue weighted by molar-refractivity contribution is 5.18. The van der Waals surface area contributed by atoms with Crippen LogP contribution in [0.1, 0.15) is 38.5 Å². The molecule has 2 N–H and O–H groups in total. The van der Waals surface area contributed by atoms with Crippen LogP contribution < -0.4 is 5.73 Å².